The van der Waals surface area contributed by atoms with Crippen molar-refractivity contribution in [3.63, 3.8) is 0 Å². The Morgan fingerprint density at radius 3 is 2.63 bits per heavy atom. The minimum absolute atomic E-state index is 0.0349. The lowest BCUT2D eigenvalue weighted by Crippen LogP contribution is -2.54. The summed E-state index contributed by atoms with van der Waals surface area (Å²) in [5, 5.41) is 19.8. The summed E-state index contributed by atoms with van der Waals surface area (Å²) in [6.45, 7) is 6.62. The molecule has 4 rings (SSSR count). The first-order chi connectivity index (χ1) is 14.6. The fourth-order valence-electron chi connectivity index (χ4n) is 7.97. The van der Waals surface area contributed by atoms with Gasteiger partial charge in [0.2, 0.25) is 0 Å². The van der Waals surface area contributed by atoms with Crippen LogP contribution in [-0.4, -0.2) is 22.3 Å². The lowest BCUT2D eigenvalue weighted by Gasteiger charge is -2.61. The minimum atomic E-state index is -2.74. The molecule has 4 aliphatic rings. The van der Waals surface area contributed by atoms with E-state index in [0.717, 1.165) is 32.1 Å². The number of aliphatic hydroxyl groups is 1. The maximum atomic E-state index is 11.1. The number of hydrogen-bond acceptors (Lipinski definition) is 2. The van der Waals surface area contributed by atoms with Crippen molar-refractivity contribution in [1.82, 2.24) is 0 Å². The standard InChI is InChI=1S/C24H40O3/c1-15(4-9-22(26)27)19-7-8-20-18-6-5-16-14-17(25)10-12-23(16,2)21(18)11-13-24(19,20)3/h15-21,25H,4-14H2,1-3H3,(H,26,27)/t15?,16-,17-,18+,19+,20+,21+,23+,24-/m1/s1/i10D2,14D2,17D. The molecule has 0 bridgehead atoms. The Morgan fingerprint density at radius 1 is 1.15 bits per heavy atom. The van der Waals surface area contributed by atoms with Crippen molar-refractivity contribution in [3.05, 3.63) is 0 Å². The molecule has 0 radical (unpaired) electrons. The number of carbonyl (C=O) groups is 1. The highest BCUT2D eigenvalue weighted by molar-refractivity contribution is 5.66. The Hall–Kier alpha value is -0.570. The number of carboxylic acid groups (broad SMARTS) is 1. The van der Waals surface area contributed by atoms with Crippen LogP contribution < -0.4 is 0 Å². The number of hydrogen-bond donors (Lipinski definition) is 2. The van der Waals surface area contributed by atoms with E-state index in [1.165, 1.54) is 0 Å². The Bertz CT molecular complexity index is 771. The van der Waals surface area contributed by atoms with Crippen LogP contribution in [0.15, 0.2) is 0 Å². The molecule has 27 heavy (non-hydrogen) atoms. The van der Waals surface area contributed by atoms with Crippen molar-refractivity contribution in [1.29, 1.82) is 0 Å². The third-order valence-corrected chi connectivity index (χ3v) is 9.39. The summed E-state index contributed by atoms with van der Waals surface area (Å²) < 4.78 is 42.4. The largest absolute Gasteiger partial charge is 0.481 e. The van der Waals surface area contributed by atoms with Gasteiger partial charge in [-0.25, -0.2) is 0 Å². The molecule has 0 aromatic carbocycles. The van der Waals surface area contributed by atoms with Crippen LogP contribution in [0.4, 0.5) is 0 Å². The summed E-state index contributed by atoms with van der Waals surface area (Å²) in [5.74, 6) is 0.732. The lowest BCUT2D eigenvalue weighted by atomic mass is 9.44. The molecular weight excluding hydrogens is 336 g/mol. The molecule has 4 fully saturated rings. The van der Waals surface area contributed by atoms with E-state index >= 15 is 0 Å². The molecule has 0 saturated heterocycles. The van der Waals surface area contributed by atoms with Gasteiger partial charge >= 0.3 is 5.97 Å². The van der Waals surface area contributed by atoms with Gasteiger partial charge in [0.05, 0.1) is 7.45 Å². The minimum Gasteiger partial charge on any atom is -0.481 e. The zero-order chi connectivity index (χ0) is 23.9. The molecule has 2 N–H and O–H groups in total. The highest BCUT2D eigenvalue weighted by Gasteiger charge is 2.60. The van der Waals surface area contributed by atoms with Crippen molar-refractivity contribution >= 4 is 5.97 Å². The first-order valence-corrected chi connectivity index (χ1v) is 11.0. The number of fused-ring (bicyclic) bond motifs is 5. The predicted octanol–water partition coefficient (Wildman–Crippen LogP) is 5.51. The van der Waals surface area contributed by atoms with Gasteiger partial charge in [-0.05, 0) is 110 Å². The van der Waals surface area contributed by atoms with Crippen LogP contribution in [0.5, 0.6) is 0 Å². The van der Waals surface area contributed by atoms with E-state index in [0.29, 0.717) is 36.5 Å². The van der Waals surface area contributed by atoms with Gasteiger partial charge in [-0.3, -0.25) is 4.79 Å². The molecule has 0 amide bonds. The van der Waals surface area contributed by atoms with Crippen molar-refractivity contribution in [2.45, 2.75) is 97.4 Å². The van der Waals surface area contributed by atoms with Crippen LogP contribution >= 0.6 is 0 Å². The Kier molecular flexibility index (Phi) is 3.76. The Labute approximate surface area is 172 Å². The smallest absolute Gasteiger partial charge is 0.303 e. The third-order valence-electron chi connectivity index (χ3n) is 9.39. The summed E-state index contributed by atoms with van der Waals surface area (Å²) in [7, 11) is 0. The van der Waals surface area contributed by atoms with Crippen molar-refractivity contribution < 1.29 is 21.9 Å². The maximum Gasteiger partial charge on any atom is 0.303 e. The van der Waals surface area contributed by atoms with Crippen LogP contribution in [0.1, 0.15) is 98.2 Å². The fourth-order valence-corrected chi connectivity index (χ4v) is 7.97. The van der Waals surface area contributed by atoms with E-state index in [1.54, 1.807) is 0 Å². The maximum absolute atomic E-state index is 11.1. The van der Waals surface area contributed by atoms with Gasteiger partial charge in [-0.1, -0.05) is 20.8 Å². The first-order valence-electron chi connectivity index (χ1n) is 13.5. The SMILES string of the molecule is [2H]C1([2H])C[C@@]2(C)[C@H](CC[C@@H]3[C@@H]2CC[C@]2(C)[C@H](C(C)CCC(=O)O)CC[C@@H]32)C([2H])([2H])[C@]1([2H])O. The van der Waals surface area contributed by atoms with E-state index in [2.05, 4.69) is 13.8 Å². The summed E-state index contributed by atoms with van der Waals surface area (Å²) in [4.78, 5) is 11.1. The lowest BCUT2D eigenvalue weighted by molar-refractivity contribution is -0.138. The average Bonchev–Trinajstić information content (AvgIpc) is 3.01. The molecule has 0 heterocycles. The monoisotopic (exact) mass is 381 g/mol. The number of carboxylic acids is 1. The van der Waals surface area contributed by atoms with Crippen LogP contribution in [0.25, 0.3) is 0 Å². The summed E-state index contributed by atoms with van der Waals surface area (Å²) in [6.07, 6.45) is -0.743. The molecule has 154 valence electrons. The number of rotatable bonds is 4. The highest BCUT2D eigenvalue weighted by atomic mass is 16.4. The van der Waals surface area contributed by atoms with Gasteiger partial charge in [0.25, 0.3) is 0 Å². The molecule has 0 spiro atoms. The van der Waals surface area contributed by atoms with E-state index in [4.69, 9.17) is 12.0 Å². The van der Waals surface area contributed by atoms with E-state index in [-0.39, 0.29) is 24.2 Å². The molecule has 0 aromatic heterocycles. The van der Waals surface area contributed by atoms with E-state index < -0.39 is 36.1 Å². The Balaban J connectivity index is 1.61. The highest BCUT2D eigenvalue weighted by Crippen LogP contribution is 2.68. The molecular formula is C24H40O3. The second kappa shape index (κ2) is 7.04. The molecule has 0 aromatic rings. The first kappa shape index (κ1) is 14.4. The topological polar surface area (TPSA) is 57.5 Å². The fraction of sp³-hybridized carbons (Fsp3) is 0.958. The second-order valence-corrected chi connectivity index (χ2v) is 10.5. The zero-order valence-corrected chi connectivity index (χ0v) is 17.1. The molecule has 0 aliphatic heterocycles. The molecule has 1 unspecified atom stereocenters. The quantitative estimate of drug-likeness (QED) is 0.675. The molecule has 9 atom stereocenters. The van der Waals surface area contributed by atoms with Gasteiger partial charge in [0.1, 0.15) is 0 Å². The molecule has 3 nitrogen and oxygen atoms in total. The van der Waals surface area contributed by atoms with E-state index in [9.17, 15) is 9.90 Å². The second-order valence-electron chi connectivity index (χ2n) is 10.5. The Morgan fingerprint density at radius 2 is 1.89 bits per heavy atom. The van der Waals surface area contributed by atoms with Crippen LogP contribution in [0, 0.1) is 46.3 Å². The van der Waals surface area contributed by atoms with Crippen LogP contribution in [-0.2, 0) is 4.79 Å². The summed E-state index contributed by atoms with van der Waals surface area (Å²) in [5.41, 5.74) is -0.414. The predicted molar refractivity (Wildman–Crippen MR) is 107 cm³/mol. The number of aliphatic carboxylic acids is 1. The van der Waals surface area contributed by atoms with Gasteiger partial charge in [0, 0.05) is 11.9 Å². The van der Waals surface area contributed by atoms with Gasteiger partial charge < -0.3 is 10.2 Å². The molecule has 4 aliphatic carbocycles. The van der Waals surface area contributed by atoms with Crippen molar-refractivity contribution in [3.8, 4) is 0 Å². The van der Waals surface area contributed by atoms with E-state index in [1.807, 2.05) is 6.92 Å². The average molecular weight is 382 g/mol. The normalized spacial score (nSPS) is 59.6. The van der Waals surface area contributed by atoms with Gasteiger partial charge in [-0.2, -0.15) is 0 Å². The van der Waals surface area contributed by atoms with Crippen LogP contribution in [0.2, 0.25) is 0 Å². The van der Waals surface area contributed by atoms with Crippen molar-refractivity contribution in [2.24, 2.45) is 46.3 Å². The summed E-state index contributed by atoms with van der Waals surface area (Å²) >= 11 is 0. The van der Waals surface area contributed by atoms with Gasteiger partial charge in [0.15, 0.2) is 0 Å². The van der Waals surface area contributed by atoms with Gasteiger partial charge in [-0.15, -0.1) is 0 Å². The third kappa shape index (κ3) is 3.16. The van der Waals surface area contributed by atoms with Crippen molar-refractivity contribution in [2.75, 3.05) is 0 Å². The summed E-state index contributed by atoms with van der Waals surface area (Å²) in [6, 6.07) is 0. The molecule has 4 saturated carbocycles. The zero-order valence-electron chi connectivity index (χ0n) is 22.1. The molecule has 3 heteroatoms. The van der Waals surface area contributed by atoms with Crippen LogP contribution in [0.3, 0.4) is 0 Å².